The Kier molecular flexibility index (Phi) is 3.74. The average Bonchev–Trinajstić information content (AvgIpc) is 2.44. The Morgan fingerprint density at radius 3 is 3.15 bits per heavy atom. The Bertz CT molecular complexity index is 701. The summed E-state index contributed by atoms with van der Waals surface area (Å²) in [6, 6.07) is 5.35. The number of nitrogens with zero attached hydrogens (tertiary/aromatic N) is 2. The number of aromatic hydroxyl groups is 1. The van der Waals surface area contributed by atoms with Crippen LogP contribution < -0.4 is 0 Å². The maximum absolute atomic E-state index is 9.64. The number of H-pyrrole nitrogens is 1. The van der Waals surface area contributed by atoms with Crippen LogP contribution in [0.2, 0.25) is 5.02 Å². The van der Waals surface area contributed by atoms with Crippen molar-refractivity contribution in [2.75, 3.05) is 6.54 Å². The van der Waals surface area contributed by atoms with Crippen LogP contribution in [0, 0.1) is 4.77 Å². The molecule has 6 heteroatoms. The number of rotatable bonds is 2. The fraction of sp³-hybridized carbons (Fsp3) is 0.286. The summed E-state index contributed by atoms with van der Waals surface area (Å²) >= 11 is 11.2. The third kappa shape index (κ3) is 2.70. The molecule has 0 saturated carbocycles. The molecular weight excluding hydrogens is 294 g/mol. The lowest BCUT2D eigenvalue weighted by Gasteiger charge is -2.28. The monoisotopic (exact) mass is 307 g/mol. The summed E-state index contributed by atoms with van der Waals surface area (Å²) in [6.45, 7) is 2.44. The maximum atomic E-state index is 9.64. The van der Waals surface area contributed by atoms with Crippen LogP contribution in [0.4, 0.5) is 0 Å². The fourth-order valence-corrected chi connectivity index (χ4v) is 2.83. The van der Waals surface area contributed by atoms with Gasteiger partial charge >= 0.3 is 0 Å². The van der Waals surface area contributed by atoms with Gasteiger partial charge in [-0.05, 0) is 23.8 Å². The molecule has 0 saturated heterocycles. The molecule has 1 aliphatic rings. The maximum Gasteiger partial charge on any atom is 0.196 e. The second-order valence-corrected chi connectivity index (χ2v) is 5.67. The van der Waals surface area contributed by atoms with E-state index in [2.05, 4.69) is 14.9 Å². The van der Waals surface area contributed by atoms with Gasteiger partial charge in [-0.2, -0.15) is 0 Å². The first kappa shape index (κ1) is 13.5. The minimum atomic E-state index is 0.132. The van der Waals surface area contributed by atoms with Crippen LogP contribution in [0.25, 0.3) is 0 Å². The van der Waals surface area contributed by atoms with Gasteiger partial charge in [0.25, 0.3) is 0 Å². The molecule has 2 N–H and O–H groups in total. The summed E-state index contributed by atoms with van der Waals surface area (Å²) in [5.74, 6) is 0.132. The summed E-state index contributed by atoms with van der Waals surface area (Å²) in [5.41, 5.74) is 3.27. The lowest BCUT2D eigenvalue weighted by atomic mass is 10.1. The van der Waals surface area contributed by atoms with Crippen molar-refractivity contribution in [2.24, 2.45) is 0 Å². The van der Waals surface area contributed by atoms with Gasteiger partial charge in [0, 0.05) is 43.5 Å². The van der Waals surface area contributed by atoms with E-state index in [0.29, 0.717) is 16.3 Å². The van der Waals surface area contributed by atoms with E-state index in [4.69, 9.17) is 23.8 Å². The fourth-order valence-electron chi connectivity index (χ4n) is 2.47. The molecule has 0 fully saturated rings. The summed E-state index contributed by atoms with van der Waals surface area (Å²) < 4.78 is 0.535. The molecule has 1 aliphatic heterocycles. The highest BCUT2D eigenvalue weighted by Gasteiger charge is 2.18. The van der Waals surface area contributed by atoms with Crippen molar-refractivity contribution in [1.29, 1.82) is 0 Å². The van der Waals surface area contributed by atoms with Crippen molar-refractivity contribution in [3.63, 3.8) is 0 Å². The molecule has 0 aliphatic carbocycles. The third-order valence-corrected chi connectivity index (χ3v) is 4.15. The van der Waals surface area contributed by atoms with Gasteiger partial charge in [-0.1, -0.05) is 23.7 Å². The number of benzene rings is 1. The molecule has 2 heterocycles. The zero-order valence-corrected chi connectivity index (χ0v) is 12.3. The lowest BCUT2D eigenvalue weighted by molar-refractivity contribution is 0.242. The van der Waals surface area contributed by atoms with E-state index in [1.54, 1.807) is 6.07 Å². The molecule has 2 aromatic rings. The minimum absolute atomic E-state index is 0.132. The van der Waals surface area contributed by atoms with E-state index in [9.17, 15) is 5.11 Å². The van der Waals surface area contributed by atoms with E-state index in [0.717, 1.165) is 25.1 Å². The Hall–Kier alpha value is -1.43. The quantitative estimate of drug-likeness (QED) is 0.837. The van der Waals surface area contributed by atoms with Crippen molar-refractivity contribution in [3.05, 3.63) is 51.0 Å². The van der Waals surface area contributed by atoms with Gasteiger partial charge in [-0.15, -0.1) is 0 Å². The van der Waals surface area contributed by atoms with Gasteiger partial charge in [0.2, 0.25) is 0 Å². The van der Waals surface area contributed by atoms with Crippen LogP contribution in [-0.2, 0) is 19.5 Å². The molecule has 0 amide bonds. The Morgan fingerprint density at radius 1 is 1.45 bits per heavy atom. The third-order valence-electron chi connectivity index (χ3n) is 3.51. The second kappa shape index (κ2) is 5.52. The van der Waals surface area contributed by atoms with Crippen molar-refractivity contribution >= 4 is 23.8 Å². The molecule has 20 heavy (non-hydrogen) atoms. The number of phenolic OH excluding ortho intramolecular Hbond substituents is 1. The first-order valence-electron chi connectivity index (χ1n) is 6.39. The number of phenols is 1. The normalized spacial score (nSPS) is 15.1. The predicted octanol–water partition coefficient (Wildman–Crippen LogP) is 3.06. The minimum Gasteiger partial charge on any atom is -0.506 e. The molecular formula is C14H14ClN3OS. The molecule has 0 unspecified atom stereocenters. The van der Waals surface area contributed by atoms with Crippen LogP contribution in [0.15, 0.2) is 24.4 Å². The van der Waals surface area contributed by atoms with E-state index >= 15 is 0 Å². The van der Waals surface area contributed by atoms with Gasteiger partial charge in [-0.25, -0.2) is 4.98 Å². The highest BCUT2D eigenvalue weighted by molar-refractivity contribution is 7.71. The molecule has 0 bridgehead atoms. The molecule has 3 rings (SSSR count). The van der Waals surface area contributed by atoms with E-state index in [1.807, 2.05) is 18.3 Å². The van der Waals surface area contributed by atoms with Gasteiger partial charge in [0.05, 0.1) is 5.02 Å². The van der Waals surface area contributed by atoms with E-state index in [1.165, 1.54) is 11.3 Å². The number of hydrogen-bond acceptors (Lipinski definition) is 4. The Labute approximate surface area is 127 Å². The van der Waals surface area contributed by atoms with Crippen molar-refractivity contribution in [2.45, 2.75) is 19.5 Å². The molecule has 4 nitrogen and oxygen atoms in total. The number of halogens is 1. The first-order chi connectivity index (χ1) is 9.63. The SMILES string of the molecule is Oc1cccc(CN2CCc3[nH]c(=S)ncc3C2)c1Cl. The highest BCUT2D eigenvalue weighted by atomic mass is 35.5. The summed E-state index contributed by atoms with van der Waals surface area (Å²) in [7, 11) is 0. The van der Waals surface area contributed by atoms with E-state index in [-0.39, 0.29) is 5.75 Å². The van der Waals surface area contributed by atoms with Gasteiger partial charge in [-0.3, -0.25) is 4.90 Å². The second-order valence-electron chi connectivity index (χ2n) is 4.90. The first-order valence-corrected chi connectivity index (χ1v) is 7.18. The molecule has 1 aromatic heterocycles. The van der Waals surface area contributed by atoms with Crippen molar-refractivity contribution in [3.8, 4) is 5.75 Å². The van der Waals surface area contributed by atoms with Crippen LogP contribution in [-0.4, -0.2) is 26.5 Å². The number of fused-ring (bicyclic) bond motifs is 1. The number of aromatic nitrogens is 2. The van der Waals surface area contributed by atoms with Crippen LogP contribution in [0.5, 0.6) is 5.75 Å². The lowest BCUT2D eigenvalue weighted by Crippen LogP contribution is -2.31. The topological polar surface area (TPSA) is 52.1 Å². The van der Waals surface area contributed by atoms with Crippen LogP contribution in [0.3, 0.4) is 0 Å². The zero-order chi connectivity index (χ0) is 14.1. The molecule has 104 valence electrons. The van der Waals surface area contributed by atoms with Crippen molar-refractivity contribution < 1.29 is 5.11 Å². The van der Waals surface area contributed by atoms with Crippen LogP contribution >= 0.6 is 23.8 Å². The van der Waals surface area contributed by atoms with Gasteiger partial charge in [0.1, 0.15) is 5.75 Å². The predicted molar refractivity (Wildman–Crippen MR) is 80.4 cm³/mol. The molecule has 0 radical (unpaired) electrons. The van der Waals surface area contributed by atoms with E-state index < -0.39 is 0 Å². The summed E-state index contributed by atoms with van der Waals surface area (Å²) in [6.07, 6.45) is 2.75. The van der Waals surface area contributed by atoms with Gasteiger partial charge < -0.3 is 10.1 Å². The number of hydrogen-bond donors (Lipinski definition) is 2. The zero-order valence-electron chi connectivity index (χ0n) is 10.8. The average molecular weight is 308 g/mol. The summed E-state index contributed by atoms with van der Waals surface area (Å²) in [4.78, 5) is 9.56. The molecule has 0 spiro atoms. The Balaban J connectivity index is 1.79. The molecule has 0 atom stereocenters. The number of aromatic amines is 1. The van der Waals surface area contributed by atoms with Crippen LogP contribution in [0.1, 0.15) is 16.8 Å². The molecule has 1 aromatic carbocycles. The largest absolute Gasteiger partial charge is 0.506 e. The summed E-state index contributed by atoms with van der Waals surface area (Å²) in [5, 5.41) is 10.1. The Morgan fingerprint density at radius 2 is 2.30 bits per heavy atom. The van der Waals surface area contributed by atoms with Gasteiger partial charge in [0.15, 0.2) is 4.77 Å². The standard InChI is InChI=1S/C14H14ClN3OS/c15-13-9(2-1-3-12(13)19)7-18-5-4-11-10(8-18)6-16-14(20)17-11/h1-3,6,19H,4-5,7-8H2,(H,16,17,20). The highest BCUT2D eigenvalue weighted by Crippen LogP contribution is 2.28. The smallest absolute Gasteiger partial charge is 0.196 e. The van der Waals surface area contributed by atoms with Crippen molar-refractivity contribution in [1.82, 2.24) is 14.9 Å². The number of nitrogens with one attached hydrogen (secondary N) is 1.